The van der Waals surface area contributed by atoms with Gasteiger partial charge < -0.3 is 19.5 Å². The van der Waals surface area contributed by atoms with Crippen LogP contribution in [0.15, 0.2) is 48.0 Å². The van der Waals surface area contributed by atoms with E-state index < -0.39 is 17.7 Å². The third-order valence-electron chi connectivity index (χ3n) is 3.96. The zero-order valence-corrected chi connectivity index (χ0v) is 16.6. The van der Waals surface area contributed by atoms with Gasteiger partial charge in [-0.25, -0.2) is 9.18 Å². The van der Waals surface area contributed by atoms with Crippen molar-refractivity contribution >= 4 is 18.0 Å². The number of nitrogens with one attached hydrogen (secondary N) is 1. The van der Waals surface area contributed by atoms with E-state index in [1.165, 1.54) is 37.5 Å². The molecule has 0 atom stereocenters. The second-order valence-corrected chi connectivity index (χ2v) is 6.08. The molecule has 2 aromatic rings. The number of hydrogen-bond donors (Lipinski definition) is 1. The van der Waals surface area contributed by atoms with Crippen molar-refractivity contribution in [3.63, 3.8) is 0 Å². The van der Waals surface area contributed by atoms with Crippen LogP contribution in [-0.4, -0.2) is 39.2 Å². The van der Waals surface area contributed by atoms with E-state index >= 15 is 0 Å². The molecule has 0 unspecified atom stereocenters. The van der Waals surface area contributed by atoms with Gasteiger partial charge in [0.25, 0.3) is 5.91 Å². The monoisotopic (exact) mass is 412 g/mol. The molecule has 0 spiro atoms. The average Bonchev–Trinajstić information content (AvgIpc) is 2.76. The zero-order chi connectivity index (χ0) is 21.9. The van der Waals surface area contributed by atoms with Gasteiger partial charge in [0.2, 0.25) is 0 Å². The summed E-state index contributed by atoms with van der Waals surface area (Å²) in [5.74, 6) is -1.26. The van der Waals surface area contributed by atoms with Crippen LogP contribution in [0.2, 0.25) is 0 Å². The summed E-state index contributed by atoms with van der Waals surface area (Å²) in [6, 6.07) is 11.4. The predicted molar refractivity (Wildman–Crippen MR) is 107 cm³/mol. The van der Waals surface area contributed by atoms with Crippen molar-refractivity contribution in [2.45, 2.75) is 6.42 Å². The SMILES string of the molecule is COCCCNC(=O)/C(C#N)=C/c1ccc(OC(=O)c2ccc(F)cc2)c(OC)c1. The number of carbonyl (C=O) groups excluding carboxylic acids is 2. The maximum Gasteiger partial charge on any atom is 0.343 e. The summed E-state index contributed by atoms with van der Waals surface area (Å²) in [5, 5.41) is 11.9. The van der Waals surface area contributed by atoms with Crippen molar-refractivity contribution in [1.82, 2.24) is 5.32 Å². The lowest BCUT2D eigenvalue weighted by Gasteiger charge is -2.10. The first-order valence-electron chi connectivity index (χ1n) is 9.03. The van der Waals surface area contributed by atoms with Gasteiger partial charge in [-0.2, -0.15) is 5.26 Å². The molecule has 7 nitrogen and oxygen atoms in total. The number of halogens is 1. The maximum absolute atomic E-state index is 13.0. The molecule has 0 aliphatic carbocycles. The molecule has 0 aromatic heterocycles. The summed E-state index contributed by atoms with van der Waals surface area (Å²) in [6.45, 7) is 0.883. The number of amides is 1. The van der Waals surface area contributed by atoms with E-state index in [0.29, 0.717) is 25.1 Å². The standard InChI is InChI=1S/C22H21FN2O5/c1-28-11-3-10-25-21(26)17(14-24)12-15-4-9-19(20(13-15)29-2)30-22(27)16-5-7-18(23)8-6-16/h4-9,12-13H,3,10-11H2,1-2H3,(H,25,26)/b17-12+. The number of benzene rings is 2. The number of carbonyl (C=O) groups is 2. The third-order valence-corrected chi connectivity index (χ3v) is 3.96. The Hall–Kier alpha value is -3.70. The van der Waals surface area contributed by atoms with Crippen LogP contribution in [0.1, 0.15) is 22.3 Å². The van der Waals surface area contributed by atoms with Gasteiger partial charge in [-0.05, 0) is 54.5 Å². The van der Waals surface area contributed by atoms with E-state index in [1.54, 1.807) is 13.2 Å². The molecule has 2 aromatic carbocycles. The first kappa shape index (κ1) is 22.6. The zero-order valence-electron chi connectivity index (χ0n) is 16.6. The van der Waals surface area contributed by atoms with Gasteiger partial charge in [0, 0.05) is 20.3 Å². The van der Waals surface area contributed by atoms with Gasteiger partial charge in [0.15, 0.2) is 11.5 Å². The fourth-order valence-electron chi connectivity index (χ4n) is 2.43. The topological polar surface area (TPSA) is 97.6 Å². The molecule has 1 amide bonds. The van der Waals surface area contributed by atoms with Crippen molar-refractivity contribution in [2.75, 3.05) is 27.4 Å². The van der Waals surface area contributed by atoms with Crippen molar-refractivity contribution < 1.29 is 28.2 Å². The van der Waals surface area contributed by atoms with E-state index in [0.717, 1.165) is 12.1 Å². The van der Waals surface area contributed by atoms with Crippen molar-refractivity contribution in [2.24, 2.45) is 0 Å². The molecule has 0 aliphatic rings. The summed E-state index contributed by atoms with van der Waals surface area (Å²) >= 11 is 0. The van der Waals surface area contributed by atoms with Crippen molar-refractivity contribution in [1.29, 1.82) is 5.26 Å². The van der Waals surface area contributed by atoms with E-state index in [1.807, 2.05) is 6.07 Å². The number of nitriles is 1. The first-order valence-corrected chi connectivity index (χ1v) is 9.03. The molecule has 2 rings (SSSR count). The summed E-state index contributed by atoms with van der Waals surface area (Å²) in [5.41, 5.74) is 0.613. The van der Waals surface area contributed by atoms with Crippen LogP contribution >= 0.6 is 0 Å². The molecular formula is C22H21FN2O5. The fraction of sp³-hybridized carbons (Fsp3) is 0.227. The lowest BCUT2D eigenvalue weighted by molar-refractivity contribution is -0.117. The van der Waals surface area contributed by atoms with E-state index in [9.17, 15) is 19.2 Å². The van der Waals surface area contributed by atoms with Crippen LogP contribution < -0.4 is 14.8 Å². The predicted octanol–water partition coefficient (Wildman–Crippen LogP) is 3.11. The quantitative estimate of drug-likeness (QED) is 0.223. The van der Waals surface area contributed by atoms with Gasteiger partial charge in [0.05, 0.1) is 12.7 Å². The van der Waals surface area contributed by atoms with Gasteiger partial charge >= 0.3 is 5.97 Å². The average molecular weight is 412 g/mol. The Morgan fingerprint density at radius 1 is 1.13 bits per heavy atom. The third kappa shape index (κ3) is 6.43. The summed E-state index contributed by atoms with van der Waals surface area (Å²) in [7, 11) is 2.96. The maximum atomic E-state index is 13.0. The van der Waals surface area contributed by atoms with Gasteiger partial charge in [-0.15, -0.1) is 0 Å². The number of esters is 1. The summed E-state index contributed by atoms with van der Waals surface area (Å²) in [4.78, 5) is 24.3. The highest BCUT2D eigenvalue weighted by Crippen LogP contribution is 2.29. The van der Waals surface area contributed by atoms with Crippen LogP contribution in [0.25, 0.3) is 6.08 Å². The lowest BCUT2D eigenvalue weighted by atomic mass is 10.1. The molecular weight excluding hydrogens is 391 g/mol. The molecule has 0 bridgehead atoms. The molecule has 156 valence electrons. The number of rotatable bonds is 9. The number of methoxy groups -OCH3 is 2. The minimum absolute atomic E-state index is 0.0782. The molecule has 0 radical (unpaired) electrons. The van der Waals surface area contributed by atoms with Crippen molar-refractivity contribution in [3.8, 4) is 17.6 Å². The molecule has 30 heavy (non-hydrogen) atoms. The Kier molecular flexibility index (Phi) is 8.54. The van der Waals surface area contributed by atoms with E-state index in [-0.39, 0.29) is 22.6 Å². The van der Waals surface area contributed by atoms with Gasteiger partial charge in [-0.3, -0.25) is 4.79 Å². The minimum atomic E-state index is -0.676. The molecule has 0 aliphatic heterocycles. The molecule has 0 fully saturated rings. The Morgan fingerprint density at radius 3 is 2.50 bits per heavy atom. The second kappa shape index (κ2) is 11.3. The summed E-state index contributed by atoms with van der Waals surface area (Å²) in [6.07, 6.45) is 2.03. The van der Waals surface area contributed by atoms with E-state index in [2.05, 4.69) is 5.32 Å². The molecule has 1 N–H and O–H groups in total. The normalized spacial score (nSPS) is 10.8. The Morgan fingerprint density at radius 2 is 1.87 bits per heavy atom. The van der Waals surface area contributed by atoms with Crippen LogP contribution in [0.5, 0.6) is 11.5 Å². The Bertz CT molecular complexity index is 964. The first-order chi connectivity index (χ1) is 14.5. The fourth-order valence-corrected chi connectivity index (χ4v) is 2.43. The van der Waals surface area contributed by atoms with Crippen LogP contribution in [0.3, 0.4) is 0 Å². The van der Waals surface area contributed by atoms with Gasteiger partial charge in [-0.1, -0.05) is 6.07 Å². The smallest absolute Gasteiger partial charge is 0.343 e. The van der Waals surface area contributed by atoms with E-state index in [4.69, 9.17) is 14.2 Å². The largest absolute Gasteiger partial charge is 0.493 e. The number of ether oxygens (including phenoxy) is 3. The molecule has 0 heterocycles. The Labute approximate surface area is 173 Å². The number of nitrogens with zero attached hydrogens (tertiary/aromatic N) is 1. The second-order valence-electron chi connectivity index (χ2n) is 6.08. The Balaban J connectivity index is 2.14. The van der Waals surface area contributed by atoms with Crippen LogP contribution in [-0.2, 0) is 9.53 Å². The highest BCUT2D eigenvalue weighted by molar-refractivity contribution is 6.01. The number of hydrogen-bond acceptors (Lipinski definition) is 6. The van der Waals surface area contributed by atoms with Crippen LogP contribution in [0, 0.1) is 17.1 Å². The summed E-state index contributed by atoms with van der Waals surface area (Å²) < 4.78 is 28.5. The van der Waals surface area contributed by atoms with Crippen molar-refractivity contribution in [3.05, 3.63) is 65.0 Å². The van der Waals surface area contributed by atoms with Crippen LogP contribution in [0.4, 0.5) is 4.39 Å². The lowest BCUT2D eigenvalue weighted by Crippen LogP contribution is -2.26. The highest BCUT2D eigenvalue weighted by Gasteiger charge is 2.14. The minimum Gasteiger partial charge on any atom is -0.493 e. The molecule has 0 saturated carbocycles. The molecule has 0 saturated heterocycles. The molecule has 8 heteroatoms. The van der Waals surface area contributed by atoms with Gasteiger partial charge in [0.1, 0.15) is 17.5 Å². The highest BCUT2D eigenvalue weighted by atomic mass is 19.1.